The first-order chi connectivity index (χ1) is 11.6. The van der Waals surface area contributed by atoms with Gasteiger partial charge >= 0.3 is 0 Å². The quantitative estimate of drug-likeness (QED) is 0.770. The van der Waals surface area contributed by atoms with Crippen LogP contribution in [0.2, 0.25) is 5.02 Å². The van der Waals surface area contributed by atoms with Gasteiger partial charge in [0.25, 0.3) is 0 Å². The number of nitrogens with zero attached hydrogens (tertiary/aromatic N) is 1. The van der Waals surface area contributed by atoms with E-state index in [1.165, 1.54) is 0 Å². The Morgan fingerprint density at radius 2 is 2.17 bits per heavy atom. The Kier molecular flexibility index (Phi) is 5.59. The second-order valence-electron chi connectivity index (χ2n) is 6.19. The van der Waals surface area contributed by atoms with E-state index < -0.39 is 0 Å². The van der Waals surface area contributed by atoms with Crippen LogP contribution < -0.4 is 5.32 Å². The average Bonchev–Trinajstić information content (AvgIpc) is 3.19. The minimum absolute atomic E-state index is 0.294. The van der Waals surface area contributed by atoms with Crippen LogP contribution >= 0.6 is 11.6 Å². The average molecular weight is 347 g/mol. The smallest absolute Gasteiger partial charge is 0.222 e. The fourth-order valence-electron chi connectivity index (χ4n) is 3.04. The number of benzene rings is 1. The van der Waals surface area contributed by atoms with Crippen LogP contribution in [0.1, 0.15) is 30.6 Å². The molecule has 0 bridgehead atoms. The minimum Gasteiger partial charge on any atom is -0.460 e. The van der Waals surface area contributed by atoms with Crippen molar-refractivity contribution in [1.82, 2.24) is 10.2 Å². The summed E-state index contributed by atoms with van der Waals surface area (Å²) in [5, 5.41) is 4.12. The molecule has 2 heterocycles. The highest BCUT2D eigenvalue weighted by Crippen LogP contribution is 2.29. The Morgan fingerprint density at radius 3 is 2.96 bits per heavy atom. The van der Waals surface area contributed by atoms with Gasteiger partial charge in [-0.15, -0.1) is 0 Å². The van der Waals surface area contributed by atoms with Crippen molar-refractivity contribution < 1.29 is 9.21 Å². The predicted octanol–water partition coefficient (Wildman–Crippen LogP) is 4.01. The Balaban J connectivity index is 1.46. The summed E-state index contributed by atoms with van der Waals surface area (Å²) >= 11 is 6.17. The zero-order chi connectivity index (χ0) is 16.9. The number of amides is 1. The summed E-state index contributed by atoms with van der Waals surface area (Å²) in [6.07, 6.45) is 2.68. The summed E-state index contributed by atoms with van der Waals surface area (Å²) in [7, 11) is 0. The molecular weight excluding hydrogens is 324 g/mol. The molecule has 1 aromatic carbocycles. The van der Waals surface area contributed by atoms with Gasteiger partial charge in [-0.2, -0.15) is 0 Å². The Hall–Kier alpha value is -1.78. The van der Waals surface area contributed by atoms with Gasteiger partial charge in [0.15, 0.2) is 0 Å². The zero-order valence-electron chi connectivity index (χ0n) is 14.0. The lowest BCUT2D eigenvalue weighted by molar-refractivity contribution is -0.127. The molecule has 0 unspecified atom stereocenters. The Morgan fingerprint density at radius 1 is 1.29 bits per heavy atom. The van der Waals surface area contributed by atoms with E-state index in [9.17, 15) is 4.79 Å². The third-order valence-corrected chi connectivity index (χ3v) is 4.86. The largest absolute Gasteiger partial charge is 0.460 e. The number of hydrogen-bond donors (Lipinski definition) is 1. The number of likely N-dealkylation sites (tertiary alicyclic amines) is 1. The lowest BCUT2D eigenvalue weighted by Crippen LogP contribution is -2.28. The lowest BCUT2D eigenvalue weighted by atomic mass is 10.1. The molecule has 1 saturated heterocycles. The number of nitrogens with one attached hydrogen (secondary N) is 1. The number of carbonyl (C=O) groups excluding carboxylic acids is 1. The second kappa shape index (κ2) is 7.86. The van der Waals surface area contributed by atoms with E-state index in [1.807, 2.05) is 42.2 Å². The normalized spacial score (nSPS) is 14.6. The van der Waals surface area contributed by atoms with Crippen molar-refractivity contribution in [2.45, 2.75) is 32.7 Å². The molecule has 128 valence electrons. The molecule has 0 spiro atoms. The molecule has 1 aliphatic rings. The molecule has 1 fully saturated rings. The Bertz CT molecular complexity index is 711. The molecular formula is C19H23ClN2O2. The van der Waals surface area contributed by atoms with Crippen LogP contribution in [0, 0.1) is 6.92 Å². The SMILES string of the molecule is Cc1c(Cl)cccc1-c1ccc(CNCCCN2CCCC2=O)o1. The van der Waals surface area contributed by atoms with E-state index >= 15 is 0 Å². The van der Waals surface area contributed by atoms with Gasteiger partial charge in [-0.1, -0.05) is 23.7 Å². The molecule has 0 aliphatic carbocycles. The van der Waals surface area contributed by atoms with Gasteiger partial charge in [-0.05, 0) is 50.1 Å². The first-order valence-corrected chi connectivity index (χ1v) is 8.85. The predicted molar refractivity (Wildman–Crippen MR) is 96.0 cm³/mol. The molecule has 1 amide bonds. The van der Waals surface area contributed by atoms with Crippen LogP contribution in [0.3, 0.4) is 0 Å². The van der Waals surface area contributed by atoms with Crippen LogP contribution in [0.25, 0.3) is 11.3 Å². The third kappa shape index (κ3) is 4.00. The topological polar surface area (TPSA) is 45.5 Å². The summed E-state index contributed by atoms with van der Waals surface area (Å²) in [5.74, 6) is 2.04. The summed E-state index contributed by atoms with van der Waals surface area (Å²) < 4.78 is 5.92. The highest BCUT2D eigenvalue weighted by molar-refractivity contribution is 6.31. The van der Waals surface area contributed by atoms with Gasteiger partial charge < -0.3 is 14.6 Å². The van der Waals surface area contributed by atoms with Crippen molar-refractivity contribution in [3.8, 4) is 11.3 Å². The summed E-state index contributed by atoms with van der Waals surface area (Å²) in [6, 6.07) is 9.82. The highest BCUT2D eigenvalue weighted by atomic mass is 35.5. The Labute approximate surface area is 147 Å². The zero-order valence-corrected chi connectivity index (χ0v) is 14.7. The molecule has 1 N–H and O–H groups in total. The fourth-order valence-corrected chi connectivity index (χ4v) is 3.21. The third-order valence-electron chi connectivity index (χ3n) is 4.45. The molecule has 1 aliphatic heterocycles. The molecule has 4 nitrogen and oxygen atoms in total. The van der Waals surface area contributed by atoms with Crippen molar-refractivity contribution in [2.24, 2.45) is 0 Å². The number of hydrogen-bond acceptors (Lipinski definition) is 3. The van der Waals surface area contributed by atoms with Gasteiger partial charge in [0.05, 0.1) is 6.54 Å². The summed E-state index contributed by atoms with van der Waals surface area (Å²) in [6.45, 7) is 5.32. The number of furan rings is 1. The van der Waals surface area contributed by atoms with Crippen molar-refractivity contribution >= 4 is 17.5 Å². The van der Waals surface area contributed by atoms with Crippen LogP contribution in [0.5, 0.6) is 0 Å². The molecule has 2 aromatic rings. The first kappa shape index (κ1) is 17.1. The summed E-state index contributed by atoms with van der Waals surface area (Å²) in [4.78, 5) is 13.5. The monoisotopic (exact) mass is 346 g/mol. The molecule has 1 aromatic heterocycles. The molecule has 0 atom stereocenters. The van der Waals surface area contributed by atoms with Crippen molar-refractivity contribution in [3.63, 3.8) is 0 Å². The van der Waals surface area contributed by atoms with Gasteiger partial charge in [-0.3, -0.25) is 4.79 Å². The first-order valence-electron chi connectivity index (χ1n) is 8.48. The van der Waals surface area contributed by atoms with Crippen LogP contribution in [0.15, 0.2) is 34.7 Å². The standard InChI is InChI=1S/C19H23ClN2O2/c1-14-16(5-2-6-17(14)20)18-9-8-15(24-18)13-21-10-4-12-22-11-3-7-19(22)23/h2,5-6,8-9,21H,3-4,7,10-13H2,1H3. The van der Waals surface area contributed by atoms with E-state index in [0.29, 0.717) is 18.9 Å². The number of carbonyl (C=O) groups is 1. The van der Waals surface area contributed by atoms with Crippen LogP contribution in [-0.2, 0) is 11.3 Å². The maximum atomic E-state index is 11.5. The van der Waals surface area contributed by atoms with E-state index in [2.05, 4.69) is 5.32 Å². The maximum absolute atomic E-state index is 11.5. The molecule has 24 heavy (non-hydrogen) atoms. The lowest BCUT2D eigenvalue weighted by Gasteiger charge is -2.15. The van der Waals surface area contributed by atoms with E-state index in [1.54, 1.807) is 0 Å². The van der Waals surface area contributed by atoms with Gasteiger partial charge in [0.2, 0.25) is 5.91 Å². The van der Waals surface area contributed by atoms with Crippen molar-refractivity contribution in [1.29, 1.82) is 0 Å². The minimum atomic E-state index is 0.294. The number of rotatable bonds is 7. The van der Waals surface area contributed by atoms with Gasteiger partial charge in [0, 0.05) is 30.1 Å². The van der Waals surface area contributed by atoms with Crippen LogP contribution in [-0.4, -0.2) is 30.4 Å². The second-order valence-corrected chi connectivity index (χ2v) is 6.60. The molecule has 0 saturated carbocycles. The molecule has 3 rings (SSSR count). The van der Waals surface area contributed by atoms with Crippen LogP contribution in [0.4, 0.5) is 0 Å². The van der Waals surface area contributed by atoms with E-state index in [4.69, 9.17) is 16.0 Å². The summed E-state index contributed by atoms with van der Waals surface area (Å²) in [5.41, 5.74) is 2.06. The fraction of sp³-hybridized carbons (Fsp3) is 0.421. The molecule has 5 heteroatoms. The van der Waals surface area contributed by atoms with Crippen molar-refractivity contribution in [3.05, 3.63) is 46.7 Å². The van der Waals surface area contributed by atoms with Gasteiger partial charge in [-0.25, -0.2) is 0 Å². The van der Waals surface area contributed by atoms with E-state index in [0.717, 1.165) is 60.1 Å². The highest BCUT2D eigenvalue weighted by Gasteiger charge is 2.18. The van der Waals surface area contributed by atoms with E-state index in [-0.39, 0.29) is 0 Å². The van der Waals surface area contributed by atoms with Gasteiger partial charge in [0.1, 0.15) is 11.5 Å². The molecule has 0 radical (unpaired) electrons. The number of halogens is 1. The van der Waals surface area contributed by atoms with Crippen molar-refractivity contribution in [2.75, 3.05) is 19.6 Å². The maximum Gasteiger partial charge on any atom is 0.222 e.